The summed E-state index contributed by atoms with van der Waals surface area (Å²) in [5, 5.41) is 3.66. The molecule has 4 aromatic rings. The van der Waals surface area contributed by atoms with Crippen LogP contribution >= 0.6 is 0 Å². The van der Waals surface area contributed by atoms with Crippen molar-refractivity contribution in [3.05, 3.63) is 60.7 Å². The van der Waals surface area contributed by atoms with Crippen molar-refractivity contribution in [2.45, 2.75) is 6.92 Å². The van der Waals surface area contributed by atoms with Crippen molar-refractivity contribution in [3.63, 3.8) is 0 Å². The van der Waals surface area contributed by atoms with E-state index in [2.05, 4.69) is 25.3 Å². The molecule has 0 atom stereocenters. The Labute approximate surface area is 165 Å². The third kappa shape index (κ3) is 3.44. The first-order valence-corrected chi connectivity index (χ1v) is 8.98. The van der Waals surface area contributed by atoms with Crippen molar-refractivity contribution in [2.24, 2.45) is 0 Å². The molecule has 0 aliphatic rings. The summed E-state index contributed by atoms with van der Waals surface area (Å²) in [6, 6.07) is 7.44. The van der Waals surface area contributed by atoms with Gasteiger partial charge in [-0.2, -0.15) is 0 Å². The monoisotopic (exact) mass is 393 g/mol. The van der Waals surface area contributed by atoms with Gasteiger partial charge in [0.15, 0.2) is 17.5 Å². The third-order valence-electron chi connectivity index (χ3n) is 4.38. The summed E-state index contributed by atoms with van der Waals surface area (Å²) in [4.78, 5) is 17.2. The van der Waals surface area contributed by atoms with E-state index < -0.39 is 11.6 Å². The maximum absolute atomic E-state index is 14.4. The van der Waals surface area contributed by atoms with Crippen LogP contribution in [-0.4, -0.2) is 33.6 Å². The maximum atomic E-state index is 14.4. The van der Waals surface area contributed by atoms with Crippen molar-refractivity contribution in [1.82, 2.24) is 19.9 Å². The van der Waals surface area contributed by atoms with E-state index in [4.69, 9.17) is 4.74 Å². The molecule has 0 amide bonds. The lowest BCUT2D eigenvalue weighted by molar-refractivity contribution is 0.344. The number of hydrogen-bond acceptors (Lipinski definition) is 6. The molecule has 0 saturated carbocycles. The summed E-state index contributed by atoms with van der Waals surface area (Å²) in [5.74, 6) is -0.438. The maximum Gasteiger partial charge on any atom is 0.166 e. The van der Waals surface area contributed by atoms with Crippen LogP contribution in [0, 0.1) is 11.6 Å². The molecule has 0 radical (unpaired) electrons. The first-order chi connectivity index (χ1) is 14.1. The second-order valence-corrected chi connectivity index (χ2v) is 6.18. The van der Waals surface area contributed by atoms with E-state index in [0.29, 0.717) is 46.0 Å². The van der Waals surface area contributed by atoms with E-state index in [9.17, 15) is 8.78 Å². The van der Waals surface area contributed by atoms with Gasteiger partial charge in [-0.05, 0) is 30.7 Å². The zero-order valence-corrected chi connectivity index (χ0v) is 15.8. The van der Waals surface area contributed by atoms with Gasteiger partial charge >= 0.3 is 0 Å². The molecule has 6 nitrogen and oxygen atoms in total. The summed E-state index contributed by atoms with van der Waals surface area (Å²) in [6.45, 7) is 2.22. The normalized spacial score (nSPS) is 10.9. The molecule has 146 valence electrons. The van der Waals surface area contributed by atoms with Crippen molar-refractivity contribution in [1.29, 1.82) is 0 Å². The molecule has 1 N–H and O–H groups in total. The SMILES string of the molecule is CCOc1cc(-c2cccc(F)c2F)cc2c(NC)nc(-c3cncnc3)nc12. The minimum absolute atomic E-state index is 0.135. The molecule has 0 fully saturated rings. The zero-order valence-electron chi connectivity index (χ0n) is 15.8. The highest BCUT2D eigenvalue weighted by Crippen LogP contribution is 2.36. The van der Waals surface area contributed by atoms with Crippen LogP contribution in [0.25, 0.3) is 33.4 Å². The van der Waals surface area contributed by atoms with Crippen LogP contribution in [0.15, 0.2) is 49.1 Å². The van der Waals surface area contributed by atoms with Crippen LogP contribution in [-0.2, 0) is 0 Å². The van der Waals surface area contributed by atoms with Gasteiger partial charge in [-0.25, -0.2) is 28.7 Å². The number of nitrogens with zero attached hydrogens (tertiary/aromatic N) is 4. The van der Waals surface area contributed by atoms with E-state index in [1.54, 1.807) is 31.6 Å². The van der Waals surface area contributed by atoms with E-state index in [1.165, 1.54) is 18.5 Å². The van der Waals surface area contributed by atoms with Gasteiger partial charge in [-0.3, -0.25) is 0 Å². The predicted octanol–water partition coefficient (Wildman–Crippen LogP) is 4.47. The van der Waals surface area contributed by atoms with Gasteiger partial charge < -0.3 is 10.1 Å². The Hall–Kier alpha value is -3.68. The van der Waals surface area contributed by atoms with Crippen LogP contribution < -0.4 is 10.1 Å². The lowest BCUT2D eigenvalue weighted by atomic mass is 10.0. The fourth-order valence-electron chi connectivity index (χ4n) is 3.08. The molecule has 0 unspecified atom stereocenters. The smallest absolute Gasteiger partial charge is 0.166 e. The van der Waals surface area contributed by atoms with Crippen LogP contribution in [0.4, 0.5) is 14.6 Å². The number of fused-ring (bicyclic) bond motifs is 1. The molecule has 8 heteroatoms. The molecular formula is C21H17F2N5O. The number of anilines is 1. The Morgan fingerprint density at radius 1 is 1.03 bits per heavy atom. The standard InChI is InChI=1S/C21H17F2N5O/c1-3-29-17-8-12(14-5-4-6-16(22)18(14)23)7-15-19(17)27-20(28-21(15)24-2)13-9-25-11-26-10-13/h4-11H,3H2,1-2H3,(H,24,27,28). The first-order valence-electron chi connectivity index (χ1n) is 8.98. The average Bonchev–Trinajstić information content (AvgIpc) is 2.75. The first kappa shape index (κ1) is 18.7. The number of ether oxygens (including phenoxy) is 1. The Morgan fingerprint density at radius 2 is 1.83 bits per heavy atom. The van der Waals surface area contributed by atoms with Gasteiger partial charge in [-0.1, -0.05) is 12.1 Å². The fraction of sp³-hybridized carbons (Fsp3) is 0.143. The Kier molecular flexibility index (Phi) is 4.99. The van der Waals surface area contributed by atoms with E-state index in [-0.39, 0.29) is 5.56 Å². The van der Waals surface area contributed by atoms with Gasteiger partial charge in [0.2, 0.25) is 0 Å². The third-order valence-corrected chi connectivity index (χ3v) is 4.38. The van der Waals surface area contributed by atoms with Crippen molar-refractivity contribution in [3.8, 4) is 28.3 Å². The number of rotatable bonds is 5. The molecule has 0 aliphatic heterocycles. The molecule has 2 aromatic heterocycles. The number of nitrogens with one attached hydrogen (secondary N) is 1. The fourth-order valence-corrected chi connectivity index (χ4v) is 3.08. The van der Waals surface area contributed by atoms with Crippen molar-refractivity contribution >= 4 is 16.7 Å². The lowest BCUT2D eigenvalue weighted by Crippen LogP contribution is -2.02. The summed E-state index contributed by atoms with van der Waals surface area (Å²) in [7, 11) is 1.73. The number of aromatic nitrogens is 4. The van der Waals surface area contributed by atoms with Crippen LogP contribution in [0.2, 0.25) is 0 Å². The molecule has 2 aromatic carbocycles. The molecule has 0 bridgehead atoms. The molecule has 2 heterocycles. The van der Waals surface area contributed by atoms with E-state index in [1.807, 2.05) is 6.92 Å². The van der Waals surface area contributed by atoms with Gasteiger partial charge in [-0.15, -0.1) is 0 Å². The van der Waals surface area contributed by atoms with Gasteiger partial charge in [0.05, 0.1) is 12.2 Å². The van der Waals surface area contributed by atoms with Crippen LogP contribution in [0.1, 0.15) is 6.92 Å². The second kappa shape index (κ2) is 7.75. The minimum Gasteiger partial charge on any atom is -0.492 e. The highest BCUT2D eigenvalue weighted by Gasteiger charge is 2.17. The summed E-state index contributed by atoms with van der Waals surface area (Å²) >= 11 is 0. The van der Waals surface area contributed by atoms with Gasteiger partial charge in [0.25, 0.3) is 0 Å². The minimum atomic E-state index is -0.917. The van der Waals surface area contributed by atoms with Crippen LogP contribution in [0.3, 0.4) is 0 Å². The summed E-state index contributed by atoms with van der Waals surface area (Å²) in [5.41, 5.74) is 1.79. The molecule has 0 spiro atoms. The number of benzene rings is 2. The Morgan fingerprint density at radius 3 is 2.55 bits per heavy atom. The molecule has 29 heavy (non-hydrogen) atoms. The second-order valence-electron chi connectivity index (χ2n) is 6.18. The number of hydrogen-bond donors (Lipinski definition) is 1. The van der Waals surface area contributed by atoms with Crippen molar-refractivity contribution < 1.29 is 13.5 Å². The van der Waals surface area contributed by atoms with E-state index in [0.717, 1.165) is 6.07 Å². The highest BCUT2D eigenvalue weighted by atomic mass is 19.2. The molecule has 0 aliphatic carbocycles. The topological polar surface area (TPSA) is 72.8 Å². The van der Waals surface area contributed by atoms with Crippen molar-refractivity contribution in [2.75, 3.05) is 19.0 Å². The molecule has 0 saturated heterocycles. The highest BCUT2D eigenvalue weighted by molar-refractivity contribution is 5.97. The average molecular weight is 393 g/mol. The number of halogens is 2. The molecule has 4 rings (SSSR count). The predicted molar refractivity (Wildman–Crippen MR) is 107 cm³/mol. The Balaban J connectivity index is 2.00. The summed E-state index contributed by atoms with van der Waals surface area (Å²) < 4.78 is 33.9. The zero-order chi connectivity index (χ0) is 20.4. The summed E-state index contributed by atoms with van der Waals surface area (Å²) in [6.07, 6.45) is 4.66. The van der Waals surface area contributed by atoms with Gasteiger partial charge in [0.1, 0.15) is 23.4 Å². The van der Waals surface area contributed by atoms with Gasteiger partial charge in [0, 0.05) is 30.4 Å². The largest absolute Gasteiger partial charge is 0.492 e. The van der Waals surface area contributed by atoms with Crippen LogP contribution in [0.5, 0.6) is 5.75 Å². The lowest BCUT2D eigenvalue weighted by Gasteiger charge is -2.14. The molecular weight excluding hydrogens is 376 g/mol. The quantitative estimate of drug-likeness (QED) is 0.539. The van der Waals surface area contributed by atoms with E-state index >= 15 is 0 Å². The Bertz CT molecular complexity index is 1180.